The number of hydrogen-bond acceptors (Lipinski definition) is 2. The maximum absolute atomic E-state index is 11.7. The summed E-state index contributed by atoms with van der Waals surface area (Å²) in [6.45, 7) is 7.11. The van der Waals surface area contributed by atoms with Crippen LogP contribution in [0.2, 0.25) is 0 Å². The summed E-state index contributed by atoms with van der Waals surface area (Å²) in [5.74, 6) is 1.01. The van der Waals surface area contributed by atoms with Crippen LogP contribution in [0.1, 0.15) is 46.0 Å². The van der Waals surface area contributed by atoms with Crippen molar-refractivity contribution in [3.63, 3.8) is 0 Å². The summed E-state index contributed by atoms with van der Waals surface area (Å²) in [7, 11) is 0. The van der Waals surface area contributed by atoms with E-state index in [1.54, 1.807) is 0 Å². The van der Waals surface area contributed by atoms with E-state index in [0.29, 0.717) is 6.61 Å². The molecule has 94 valence electrons. The molecule has 0 aromatic heterocycles. The van der Waals surface area contributed by atoms with Crippen LogP contribution in [0.3, 0.4) is 0 Å². The number of rotatable bonds is 6. The lowest BCUT2D eigenvalue weighted by molar-refractivity contribution is -0.137. The Balaban J connectivity index is 2.17. The van der Waals surface area contributed by atoms with Crippen LogP contribution < -0.4 is 0 Å². The molecule has 3 nitrogen and oxygen atoms in total. The van der Waals surface area contributed by atoms with Crippen molar-refractivity contribution < 1.29 is 9.53 Å². The number of carbonyl (C=O) groups is 1. The fourth-order valence-electron chi connectivity index (χ4n) is 2.27. The van der Waals surface area contributed by atoms with Crippen molar-refractivity contribution in [1.82, 2.24) is 4.90 Å². The third kappa shape index (κ3) is 4.52. The van der Waals surface area contributed by atoms with E-state index in [1.165, 1.54) is 25.7 Å². The van der Waals surface area contributed by atoms with Gasteiger partial charge in [0.15, 0.2) is 0 Å². The third-order valence-electron chi connectivity index (χ3n) is 3.24. The predicted molar refractivity (Wildman–Crippen MR) is 65.3 cm³/mol. The van der Waals surface area contributed by atoms with Crippen LogP contribution in [0.25, 0.3) is 0 Å². The largest absolute Gasteiger partial charge is 0.372 e. The van der Waals surface area contributed by atoms with Crippen LogP contribution in [-0.4, -0.2) is 37.1 Å². The topological polar surface area (TPSA) is 29.5 Å². The second kappa shape index (κ2) is 7.66. The number of likely N-dealkylation sites (tertiary alicyclic amines) is 1. The predicted octanol–water partition coefficient (Wildman–Crippen LogP) is 2.45. The van der Waals surface area contributed by atoms with Gasteiger partial charge in [0, 0.05) is 19.7 Å². The first kappa shape index (κ1) is 13.5. The summed E-state index contributed by atoms with van der Waals surface area (Å²) in [6, 6.07) is 0. The van der Waals surface area contributed by atoms with Crippen LogP contribution in [-0.2, 0) is 9.53 Å². The van der Waals surface area contributed by atoms with Gasteiger partial charge in [-0.15, -0.1) is 0 Å². The molecule has 1 fully saturated rings. The van der Waals surface area contributed by atoms with E-state index < -0.39 is 0 Å². The van der Waals surface area contributed by atoms with Crippen LogP contribution in [0, 0.1) is 5.92 Å². The first-order valence-corrected chi connectivity index (χ1v) is 6.63. The Kier molecular flexibility index (Phi) is 6.46. The van der Waals surface area contributed by atoms with Crippen LogP contribution in [0.5, 0.6) is 0 Å². The number of ether oxygens (including phenoxy) is 1. The molecule has 0 aromatic rings. The Labute approximate surface area is 99.1 Å². The summed E-state index contributed by atoms with van der Waals surface area (Å²) < 4.78 is 5.28. The molecule has 16 heavy (non-hydrogen) atoms. The number of piperidine rings is 1. The normalized spacial score (nSPS) is 17.8. The van der Waals surface area contributed by atoms with Crippen molar-refractivity contribution >= 4 is 5.91 Å². The highest BCUT2D eigenvalue weighted by atomic mass is 16.5. The second-order valence-electron chi connectivity index (χ2n) is 4.67. The maximum atomic E-state index is 11.7. The average molecular weight is 227 g/mol. The van der Waals surface area contributed by atoms with Gasteiger partial charge in [-0.25, -0.2) is 0 Å². The fraction of sp³-hybridized carbons (Fsp3) is 0.923. The van der Waals surface area contributed by atoms with E-state index >= 15 is 0 Å². The zero-order valence-electron chi connectivity index (χ0n) is 10.7. The molecule has 1 heterocycles. The number of carbonyl (C=O) groups excluding carboxylic acids is 1. The Bertz CT molecular complexity index is 198. The highest BCUT2D eigenvalue weighted by Gasteiger charge is 2.21. The monoisotopic (exact) mass is 227 g/mol. The van der Waals surface area contributed by atoms with E-state index in [9.17, 15) is 4.79 Å². The molecule has 0 radical (unpaired) electrons. The van der Waals surface area contributed by atoms with Gasteiger partial charge in [-0.3, -0.25) is 4.79 Å². The number of amides is 1. The average Bonchev–Trinajstić information content (AvgIpc) is 2.30. The molecule has 1 aliphatic rings. The van der Waals surface area contributed by atoms with Gasteiger partial charge in [0.2, 0.25) is 5.91 Å². The van der Waals surface area contributed by atoms with Crippen molar-refractivity contribution in [3.05, 3.63) is 0 Å². The van der Waals surface area contributed by atoms with Gasteiger partial charge < -0.3 is 9.64 Å². The molecule has 0 saturated carbocycles. The molecule has 3 heteroatoms. The minimum atomic E-state index is 0.170. The second-order valence-corrected chi connectivity index (χ2v) is 4.67. The molecule has 0 unspecified atom stereocenters. The zero-order valence-corrected chi connectivity index (χ0v) is 10.7. The Morgan fingerprint density at radius 2 is 1.94 bits per heavy atom. The molecular weight excluding hydrogens is 202 g/mol. The van der Waals surface area contributed by atoms with E-state index in [1.807, 2.05) is 4.90 Å². The standard InChI is InChI=1S/C13H25NO2/c1-3-5-12-6-8-14(9-7-12)13(15)11-16-10-4-2/h12H,3-11H2,1-2H3. The Morgan fingerprint density at radius 1 is 1.25 bits per heavy atom. The summed E-state index contributed by atoms with van der Waals surface area (Å²) >= 11 is 0. The Hall–Kier alpha value is -0.570. The van der Waals surface area contributed by atoms with Crippen LogP contribution in [0.4, 0.5) is 0 Å². The maximum Gasteiger partial charge on any atom is 0.248 e. The summed E-state index contributed by atoms with van der Waals surface area (Å²) in [5.41, 5.74) is 0. The molecule has 1 amide bonds. The highest BCUT2D eigenvalue weighted by molar-refractivity contribution is 5.77. The molecule has 0 atom stereocenters. The third-order valence-corrected chi connectivity index (χ3v) is 3.24. The highest BCUT2D eigenvalue weighted by Crippen LogP contribution is 2.21. The van der Waals surface area contributed by atoms with Gasteiger partial charge in [0.1, 0.15) is 6.61 Å². The van der Waals surface area contributed by atoms with Crippen molar-refractivity contribution in [2.45, 2.75) is 46.0 Å². The molecule has 0 aromatic carbocycles. The minimum Gasteiger partial charge on any atom is -0.372 e. The molecule has 1 aliphatic heterocycles. The smallest absolute Gasteiger partial charge is 0.248 e. The van der Waals surface area contributed by atoms with Crippen molar-refractivity contribution in [2.24, 2.45) is 5.92 Å². The molecule has 0 spiro atoms. The van der Waals surface area contributed by atoms with Gasteiger partial charge in [0.05, 0.1) is 0 Å². The van der Waals surface area contributed by atoms with E-state index in [2.05, 4.69) is 13.8 Å². The summed E-state index contributed by atoms with van der Waals surface area (Å²) in [5, 5.41) is 0. The molecule has 0 N–H and O–H groups in total. The Morgan fingerprint density at radius 3 is 2.50 bits per heavy atom. The van der Waals surface area contributed by atoms with Crippen molar-refractivity contribution in [1.29, 1.82) is 0 Å². The molecule has 0 bridgehead atoms. The van der Waals surface area contributed by atoms with E-state index in [-0.39, 0.29) is 12.5 Å². The SMILES string of the molecule is CCCOCC(=O)N1CCC(CCC)CC1. The first-order chi connectivity index (χ1) is 7.77. The molecule has 0 aliphatic carbocycles. The van der Waals surface area contributed by atoms with Gasteiger partial charge in [-0.1, -0.05) is 26.7 Å². The minimum absolute atomic E-state index is 0.170. The zero-order chi connectivity index (χ0) is 11.8. The first-order valence-electron chi connectivity index (χ1n) is 6.63. The molecular formula is C13H25NO2. The van der Waals surface area contributed by atoms with Gasteiger partial charge in [-0.05, 0) is 25.2 Å². The molecule has 1 rings (SSSR count). The fourth-order valence-corrected chi connectivity index (χ4v) is 2.27. The van der Waals surface area contributed by atoms with Crippen LogP contribution >= 0.6 is 0 Å². The number of hydrogen-bond donors (Lipinski definition) is 0. The van der Waals surface area contributed by atoms with Gasteiger partial charge >= 0.3 is 0 Å². The summed E-state index contributed by atoms with van der Waals surface area (Å²) in [6.07, 6.45) is 5.90. The lowest BCUT2D eigenvalue weighted by atomic mass is 9.92. The number of nitrogens with zero attached hydrogens (tertiary/aromatic N) is 1. The van der Waals surface area contributed by atoms with Crippen molar-refractivity contribution in [3.8, 4) is 0 Å². The van der Waals surface area contributed by atoms with E-state index in [4.69, 9.17) is 4.74 Å². The van der Waals surface area contributed by atoms with E-state index in [0.717, 1.165) is 25.4 Å². The quantitative estimate of drug-likeness (QED) is 0.652. The van der Waals surface area contributed by atoms with Crippen molar-refractivity contribution in [2.75, 3.05) is 26.3 Å². The van der Waals surface area contributed by atoms with Gasteiger partial charge in [-0.2, -0.15) is 0 Å². The van der Waals surface area contributed by atoms with Gasteiger partial charge in [0.25, 0.3) is 0 Å². The lowest BCUT2D eigenvalue weighted by Crippen LogP contribution is -2.40. The lowest BCUT2D eigenvalue weighted by Gasteiger charge is -2.31. The summed E-state index contributed by atoms with van der Waals surface area (Å²) in [4.78, 5) is 13.7. The molecule has 1 saturated heterocycles. The van der Waals surface area contributed by atoms with Crippen LogP contribution in [0.15, 0.2) is 0 Å².